The molecule has 2 aliphatic heterocycles. The molecular weight excluding hydrogens is 413 g/mol. The van der Waals surface area contributed by atoms with Gasteiger partial charge in [-0.05, 0) is 41.5 Å². The van der Waals surface area contributed by atoms with E-state index in [1.165, 1.54) is 11.8 Å². The minimum Gasteiger partial charge on any atom is -0.454 e. The number of thioether (sulfide) groups is 1. The fourth-order valence-corrected chi connectivity index (χ4v) is 4.33. The Bertz CT molecular complexity index is 961. The van der Waals surface area contributed by atoms with E-state index < -0.39 is 0 Å². The van der Waals surface area contributed by atoms with Crippen molar-refractivity contribution in [2.45, 2.75) is 6.54 Å². The summed E-state index contributed by atoms with van der Waals surface area (Å²) >= 11 is 18.7. The molecule has 0 bridgehead atoms. The van der Waals surface area contributed by atoms with Crippen molar-refractivity contribution < 1.29 is 14.3 Å². The summed E-state index contributed by atoms with van der Waals surface area (Å²) in [6, 6.07) is 10.7. The van der Waals surface area contributed by atoms with Crippen molar-refractivity contribution in [1.29, 1.82) is 0 Å². The SMILES string of the molecule is O=C1/C(=C/c2ccc(Cl)cc2Cl)SC(=S)N1Cc1ccc2c(c1)OCO2. The summed E-state index contributed by atoms with van der Waals surface area (Å²) in [5.74, 6) is 1.23. The minimum absolute atomic E-state index is 0.149. The first-order valence-corrected chi connectivity index (χ1v) is 9.58. The zero-order valence-electron chi connectivity index (χ0n) is 13.2. The largest absolute Gasteiger partial charge is 0.454 e. The van der Waals surface area contributed by atoms with Crippen LogP contribution in [0.25, 0.3) is 6.08 Å². The number of ether oxygens (including phenoxy) is 2. The molecule has 4 rings (SSSR count). The molecule has 8 heteroatoms. The molecule has 0 aromatic heterocycles. The van der Waals surface area contributed by atoms with Crippen LogP contribution >= 0.6 is 47.2 Å². The van der Waals surface area contributed by atoms with Gasteiger partial charge in [0.1, 0.15) is 4.32 Å². The third-order valence-corrected chi connectivity index (χ3v) is 5.84. The molecule has 0 radical (unpaired) electrons. The van der Waals surface area contributed by atoms with Crippen LogP contribution in [-0.2, 0) is 11.3 Å². The summed E-state index contributed by atoms with van der Waals surface area (Å²) in [5, 5.41) is 1.03. The maximum Gasteiger partial charge on any atom is 0.266 e. The molecule has 2 aromatic rings. The van der Waals surface area contributed by atoms with Crippen LogP contribution in [0.4, 0.5) is 0 Å². The Morgan fingerprint density at radius 3 is 2.77 bits per heavy atom. The van der Waals surface area contributed by atoms with Crippen LogP contribution in [0.2, 0.25) is 10.0 Å². The summed E-state index contributed by atoms with van der Waals surface area (Å²) in [5.41, 5.74) is 1.64. The first kappa shape index (κ1) is 17.7. The number of amides is 1. The van der Waals surface area contributed by atoms with Gasteiger partial charge >= 0.3 is 0 Å². The number of fused-ring (bicyclic) bond motifs is 1. The van der Waals surface area contributed by atoms with Gasteiger partial charge in [-0.25, -0.2) is 0 Å². The molecule has 4 nitrogen and oxygen atoms in total. The molecule has 0 atom stereocenters. The monoisotopic (exact) mass is 423 g/mol. The summed E-state index contributed by atoms with van der Waals surface area (Å²) in [6.07, 6.45) is 1.73. The molecule has 1 amide bonds. The lowest BCUT2D eigenvalue weighted by atomic mass is 10.2. The van der Waals surface area contributed by atoms with Crippen molar-refractivity contribution >= 4 is 63.5 Å². The topological polar surface area (TPSA) is 38.8 Å². The van der Waals surface area contributed by atoms with Crippen LogP contribution in [0.1, 0.15) is 11.1 Å². The van der Waals surface area contributed by atoms with E-state index in [1.54, 1.807) is 29.2 Å². The Morgan fingerprint density at radius 2 is 1.96 bits per heavy atom. The van der Waals surface area contributed by atoms with Crippen LogP contribution in [-0.4, -0.2) is 21.9 Å². The third kappa shape index (κ3) is 3.42. The van der Waals surface area contributed by atoms with Crippen LogP contribution < -0.4 is 9.47 Å². The summed E-state index contributed by atoms with van der Waals surface area (Å²) < 4.78 is 11.2. The first-order chi connectivity index (χ1) is 12.5. The number of halogens is 2. The van der Waals surface area contributed by atoms with Gasteiger partial charge in [-0.2, -0.15) is 0 Å². The Balaban J connectivity index is 1.56. The van der Waals surface area contributed by atoms with Gasteiger partial charge in [-0.15, -0.1) is 0 Å². The Morgan fingerprint density at radius 1 is 1.15 bits per heavy atom. The smallest absolute Gasteiger partial charge is 0.266 e. The quantitative estimate of drug-likeness (QED) is 0.505. The van der Waals surface area contributed by atoms with Gasteiger partial charge in [0.05, 0.1) is 11.4 Å². The number of thiocarbonyl (C=S) groups is 1. The van der Waals surface area contributed by atoms with E-state index in [0.29, 0.717) is 37.3 Å². The standard InChI is InChI=1S/C18H11Cl2NO3S2/c19-12-3-2-11(13(20)7-12)6-16-17(22)21(18(25)26-16)8-10-1-4-14-15(5-10)24-9-23-14/h1-7H,8-9H2/b16-6-. The lowest BCUT2D eigenvalue weighted by Crippen LogP contribution is -2.27. The molecule has 2 aromatic carbocycles. The van der Waals surface area contributed by atoms with Gasteiger partial charge in [0.15, 0.2) is 11.5 Å². The molecular formula is C18H11Cl2NO3S2. The lowest BCUT2D eigenvalue weighted by Gasteiger charge is -2.14. The summed E-state index contributed by atoms with van der Waals surface area (Å²) in [6.45, 7) is 0.581. The number of benzene rings is 2. The maximum atomic E-state index is 12.8. The van der Waals surface area contributed by atoms with Crippen molar-refractivity contribution in [2.75, 3.05) is 6.79 Å². The predicted molar refractivity (Wildman–Crippen MR) is 108 cm³/mol. The molecule has 2 aliphatic rings. The molecule has 0 spiro atoms. The zero-order chi connectivity index (χ0) is 18.3. The van der Waals surface area contributed by atoms with Gasteiger partial charge in [0.25, 0.3) is 5.91 Å². The molecule has 1 saturated heterocycles. The second kappa shape index (κ2) is 7.12. The number of rotatable bonds is 3. The normalized spacial score (nSPS) is 17.5. The molecule has 0 saturated carbocycles. The molecule has 0 N–H and O–H groups in total. The van der Waals surface area contributed by atoms with E-state index in [9.17, 15) is 4.79 Å². The molecule has 1 fully saturated rings. The lowest BCUT2D eigenvalue weighted by molar-refractivity contribution is -0.122. The number of nitrogens with zero attached hydrogens (tertiary/aromatic N) is 1. The minimum atomic E-state index is -0.149. The van der Waals surface area contributed by atoms with Crippen molar-refractivity contribution in [2.24, 2.45) is 0 Å². The predicted octanol–water partition coefficient (Wildman–Crippen LogP) is 5.12. The maximum absolute atomic E-state index is 12.8. The van der Waals surface area contributed by atoms with Crippen LogP contribution in [0, 0.1) is 0 Å². The van der Waals surface area contributed by atoms with Crippen molar-refractivity contribution in [3.05, 3.63) is 62.5 Å². The Labute approximate surface area is 169 Å². The van der Waals surface area contributed by atoms with E-state index in [2.05, 4.69) is 0 Å². The summed E-state index contributed by atoms with van der Waals surface area (Å²) in [7, 11) is 0. The van der Waals surface area contributed by atoms with E-state index in [-0.39, 0.29) is 12.7 Å². The second-order valence-electron chi connectivity index (χ2n) is 5.62. The Kier molecular flexibility index (Phi) is 4.84. The number of carbonyl (C=O) groups excluding carboxylic acids is 1. The van der Waals surface area contributed by atoms with E-state index in [4.69, 9.17) is 44.9 Å². The van der Waals surface area contributed by atoms with Gasteiger partial charge in [-0.3, -0.25) is 9.69 Å². The first-order valence-electron chi connectivity index (χ1n) is 7.60. The second-order valence-corrected chi connectivity index (χ2v) is 8.14. The number of hydrogen-bond donors (Lipinski definition) is 0. The van der Waals surface area contributed by atoms with Crippen molar-refractivity contribution in [3.63, 3.8) is 0 Å². The summed E-state index contributed by atoms with van der Waals surface area (Å²) in [4.78, 5) is 14.9. The fourth-order valence-electron chi connectivity index (χ4n) is 2.62. The van der Waals surface area contributed by atoms with E-state index in [0.717, 1.165) is 11.1 Å². The van der Waals surface area contributed by atoms with Crippen molar-refractivity contribution in [3.8, 4) is 11.5 Å². The number of carbonyl (C=O) groups is 1. The van der Waals surface area contributed by atoms with Gasteiger partial charge < -0.3 is 9.47 Å². The van der Waals surface area contributed by atoms with Crippen LogP contribution in [0.3, 0.4) is 0 Å². The van der Waals surface area contributed by atoms with Crippen LogP contribution in [0.5, 0.6) is 11.5 Å². The van der Waals surface area contributed by atoms with Gasteiger partial charge in [0.2, 0.25) is 6.79 Å². The van der Waals surface area contributed by atoms with Gasteiger partial charge in [-0.1, -0.05) is 59.3 Å². The van der Waals surface area contributed by atoms with Gasteiger partial charge in [0, 0.05) is 10.0 Å². The van der Waals surface area contributed by atoms with E-state index in [1.807, 2.05) is 18.2 Å². The molecule has 0 unspecified atom stereocenters. The molecule has 26 heavy (non-hydrogen) atoms. The zero-order valence-corrected chi connectivity index (χ0v) is 16.3. The van der Waals surface area contributed by atoms with E-state index >= 15 is 0 Å². The molecule has 0 aliphatic carbocycles. The highest BCUT2D eigenvalue weighted by atomic mass is 35.5. The van der Waals surface area contributed by atoms with Crippen LogP contribution in [0.15, 0.2) is 41.3 Å². The highest BCUT2D eigenvalue weighted by molar-refractivity contribution is 8.26. The Hall–Kier alpha value is -1.73. The highest BCUT2D eigenvalue weighted by Crippen LogP contribution is 2.37. The third-order valence-electron chi connectivity index (χ3n) is 3.90. The fraction of sp³-hybridized carbons (Fsp3) is 0.111. The molecule has 2 heterocycles. The van der Waals surface area contributed by atoms with Crippen molar-refractivity contribution in [1.82, 2.24) is 4.90 Å². The average Bonchev–Trinajstić information content (AvgIpc) is 3.17. The highest BCUT2D eigenvalue weighted by Gasteiger charge is 2.32. The molecule has 132 valence electrons. The average molecular weight is 424 g/mol. The number of hydrogen-bond acceptors (Lipinski definition) is 5.